The number of amides is 2. The van der Waals surface area contributed by atoms with E-state index in [9.17, 15) is 9.59 Å². The van der Waals surface area contributed by atoms with Crippen LogP contribution in [0.1, 0.15) is 18.4 Å². The molecule has 2 heterocycles. The SMILES string of the molecule is COc1ccc(NC(=O)/C=C/c2ccsc2)cc1N1CCCC1=O. The van der Waals surface area contributed by atoms with Crippen molar-refractivity contribution in [1.82, 2.24) is 0 Å². The predicted octanol–water partition coefficient (Wildman–Crippen LogP) is 3.54. The highest BCUT2D eigenvalue weighted by Crippen LogP contribution is 2.34. The zero-order chi connectivity index (χ0) is 16.9. The fraction of sp³-hybridized carbons (Fsp3) is 0.222. The molecule has 2 amide bonds. The van der Waals surface area contributed by atoms with Gasteiger partial charge in [-0.1, -0.05) is 0 Å². The lowest BCUT2D eigenvalue weighted by Crippen LogP contribution is -2.24. The molecule has 24 heavy (non-hydrogen) atoms. The van der Waals surface area contributed by atoms with Gasteiger partial charge in [0.2, 0.25) is 11.8 Å². The van der Waals surface area contributed by atoms with Gasteiger partial charge in [-0.15, -0.1) is 0 Å². The highest BCUT2D eigenvalue weighted by atomic mass is 32.1. The molecule has 0 atom stereocenters. The normalized spacial score (nSPS) is 14.4. The maximum Gasteiger partial charge on any atom is 0.248 e. The lowest BCUT2D eigenvalue weighted by Gasteiger charge is -2.20. The smallest absolute Gasteiger partial charge is 0.248 e. The van der Waals surface area contributed by atoms with Crippen molar-refractivity contribution in [1.29, 1.82) is 0 Å². The minimum atomic E-state index is -0.218. The quantitative estimate of drug-likeness (QED) is 0.846. The largest absolute Gasteiger partial charge is 0.495 e. The number of nitrogens with zero attached hydrogens (tertiary/aromatic N) is 1. The number of rotatable bonds is 5. The van der Waals surface area contributed by atoms with Crippen molar-refractivity contribution in [2.75, 3.05) is 23.9 Å². The summed E-state index contributed by atoms with van der Waals surface area (Å²) >= 11 is 1.58. The Hall–Kier alpha value is -2.60. The highest BCUT2D eigenvalue weighted by molar-refractivity contribution is 7.08. The van der Waals surface area contributed by atoms with E-state index >= 15 is 0 Å². The van der Waals surface area contributed by atoms with Crippen LogP contribution in [0.15, 0.2) is 41.1 Å². The molecule has 0 bridgehead atoms. The molecule has 1 aromatic heterocycles. The molecule has 1 aliphatic rings. The Labute approximate surface area is 144 Å². The second-order valence-corrected chi connectivity index (χ2v) is 6.19. The molecule has 3 rings (SSSR count). The number of nitrogens with one attached hydrogen (secondary N) is 1. The zero-order valence-electron chi connectivity index (χ0n) is 13.3. The fourth-order valence-corrected chi connectivity index (χ4v) is 3.24. The van der Waals surface area contributed by atoms with Crippen LogP contribution in [0.2, 0.25) is 0 Å². The molecule has 0 radical (unpaired) electrons. The Bertz CT molecular complexity index is 769. The third-order valence-electron chi connectivity index (χ3n) is 3.78. The van der Waals surface area contributed by atoms with Gasteiger partial charge in [0.15, 0.2) is 0 Å². The number of hydrogen-bond donors (Lipinski definition) is 1. The van der Waals surface area contributed by atoms with Crippen LogP contribution < -0.4 is 15.0 Å². The van der Waals surface area contributed by atoms with Crippen LogP contribution >= 0.6 is 11.3 Å². The van der Waals surface area contributed by atoms with Crippen molar-refractivity contribution in [3.63, 3.8) is 0 Å². The van der Waals surface area contributed by atoms with E-state index in [1.54, 1.807) is 47.6 Å². The second-order valence-electron chi connectivity index (χ2n) is 5.41. The van der Waals surface area contributed by atoms with E-state index in [-0.39, 0.29) is 11.8 Å². The lowest BCUT2D eigenvalue weighted by molar-refractivity contribution is -0.117. The van der Waals surface area contributed by atoms with Gasteiger partial charge in [0, 0.05) is 24.7 Å². The lowest BCUT2D eigenvalue weighted by atomic mass is 10.2. The van der Waals surface area contributed by atoms with Crippen LogP contribution in [-0.2, 0) is 9.59 Å². The number of anilines is 2. The summed E-state index contributed by atoms with van der Waals surface area (Å²) in [5.41, 5.74) is 2.32. The van der Waals surface area contributed by atoms with E-state index in [0.29, 0.717) is 30.1 Å². The number of thiophene rings is 1. The first-order valence-corrected chi connectivity index (χ1v) is 8.61. The first kappa shape index (κ1) is 16.3. The van der Waals surface area contributed by atoms with Crippen molar-refractivity contribution in [2.24, 2.45) is 0 Å². The molecule has 1 aliphatic heterocycles. The summed E-state index contributed by atoms with van der Waals surface area (Å²) in [6, 6.07) is 7.25. The van der Waals surface area contributed by atoms with E-state index in [1.807, 2.05) is 16.8 Å². The maximum absolute atomic E-state index is 12.1. The van der Waals surface area contributed by atoms with Crippen LogP contribution in [0.25, 0.3) is 6.08 Å². The molecule has 5 nitrogen and oxygen atoms in total. The summed E-state index contributed by atoms with van der Waals surface area (Å²) in [5, 5.41) is 6.74. The Morgan fingerprint density at radius 2 is 2.25 bits per heavy atom. The number of benzene rings is 1. The summed E-state index contributed by atoms with van der Waals surface area (Å²) in [6.45, 7) is 0.671. The number of ether oxygens (including phenoxy) is 1. The summed E-state index contributed by atoms with van der Waals surface area (Å²) in [6.07, 6.45) is 4.64. The Kier molecular flexibility index (Phi) is 4.96. The van der Waals surface area contributed by atoms with Gasteiger partial charge >= 0.3 is 0 Å². The monoisotopic (exact) mass is 342 g/mol. The van der Waals surface area contributed by atoms with E-state index in [2.05, 4.69) is 5.32 Å². The number of hydrogen-bond acceptors (Lipinski definition) is 4. The number of carbonyl (C=O) groups excluding carboxylic acids is 2. The molecular formula is C18H18N2O3S. The van der Waals surface area contributed by atoms with Gasteiger partial charge in [0.1, 0.15) is 5.75 Å². The maximum atomic E-state index is 12.1. The number of methoxy groups -OCH3 is 1. The summed E-state index contributed by atoms with van der Waals surface area (Å²) in [7, 11) is 1.57. The first-order chi connectivity index (χ1) is 11.7. The van der Waals surface area contributed by atoms with Crippen molar-refractivity contribution in [2.45, 2.75) is 12.8 Å². The Morgan fingerprint density at radius 3 is 2.92 bits per heavy atom. The van der Waals surface area contributed by atoms with Crippen LogP contribution in [0.4, 0.5) is 11.4 Å². The van der Waals surface area contributed by atoms with E-state index < -0.39 is 0 Å². The Balaban J connectivity index is 1.76. The molecule has 124 valence electrons. The molecule has 0 spiro atoms. The van der Waals surface area contributed by atoms with Gasteiger partial charge in [-0.3, -0.25) is 9.59 Å². The molecule has 1 saturated heterocycles. The topological polar surface area (TPSA) is 58.6 Å². The van der Waals surface area contributed by atoms with Gasteiger partial charge < -0.3 is 15.0 Å². The highest BCUT2D eigenvalue weighted by Gasteiger charge is 2.24. The molecule has 0 aliphatic carbocycles. The molecule has 6 heteroatoms. The minimum Gasteiger partial charge on any atom is -0.495 e. The zero-order valence-corrected chi connectivity index (χ0v) is 14.1. The molecule has 1 aromatic carbocycles. The van der Waals surface area contributed by atoms with Gasteiger partial charge in [-0.2, -0.15) is 11.3 Å². The molecule has 1 fully saturated rings. The molecule has 2 aromatic rings. The van der Waals surface area contributed by atoms with Crippen molar-refractivity contribution in [3.8, 4) is 5.75 Å². The second kappa shape index (κ2) is 7.31. The summed E-state index contributed by atoms with van der Waals surface area (Å²) in [4.78, 5) is 25.7. The first-order valence-electron chi connectivity index (χ1n) is 7.67. The van der Waals surface area contributed by atoms with Gasteiger partial charge in [0.05, 0.1) is 12.8 Å². The Morgan fingerprint density at radius 1 is 1.38 bits per heavy atom. The predicted molar refractivity (Wildman–Crippen MR) is 96.6 cm³/mol. The fourth-order valence-electron chi connectivity index (χ4n) is 2.61. The molecular weight excluding hydrogens is 324 g/mol. The van der Waals surface area contributed by atoms with Crippen molar-refractivity contribution >= 4 is 40.6 Å². The average Bonchev–Trinajstić information content (AvgIpc) is 3.24. The number of carbonyl (C=O) groups is 2. The molecule has 1 N–H and O–H groups in total. The van der Waals surface area contributed by atoms with Crippen LogP contribution in [0, 0.1) is 0 Å². The van der Waals surface area contributed by atoms with Gasteiger partial charge in [0.25, 0.3) is 0 Å². The minimum absolute atomic E-state index is 0.0779. The van der Waals surface area contributed by atoms with Crippen molar-refractivity contribution < 1.29 is 14.3 Å². The average molecular weight is 342 g/mol. The van der Waals surface area contributed by atoms with E-state index in [0.717, 1.165) is 12.0 Å². The third kappa shape index (κ3) is 3.65. The van der Waals surface area contributed by atoms with Gasteiger partial charge in [-0.25, -0.2) is 0 Å². The van der Waals surface area contributed by atoms with Gasteiger partial charge in [-0.05, 0) is 53.1 Å². The van der Waals surface area contributed by atoms with E-state index in [1.165, 1.54) is 6.08 Å². The van der Waals surface area contributed by atoms with Crippen LogP contribution in [0.5, 0.6) is 5.75 Å². The third-order valence-corrected chi connectivity index (χ3v) is 4.48. The molecule has 0 saturated carbocycles. The van der Waals surface area contributed by atoms with Crippen molar-refractivity contribution in [3.05, 3.63) is 46.7 Å². The standard InChI is InChI=1S/C18H18N2O3S/c1-23-16-6-5-14(11-15(16)20-9-2-3-18(20)22)19-17(21)7-4-13-8-10-24-12-13/h4-8,10-12H,2-3,9H2,1H3,(H,19,21)/b7-4+. The van der Waals surface area contributed by atoms with Crippen LogP contribution in [0.3, 0.4) is 0 Å². The summed E-state index contributed by atoms with van der Waals surface area (Å²) in [5.74, 6) is 0.483. The summed E-state index contributed by atoms with van der Waals surface area (Å²) < 4.78 is 5.34. The van der Waals surface area contributed by atoms with E-state index in [4.69, 9.17) is 4.74 Å². The van der Waals surface area contributed by atoms with Crippen LogP contribution in [-0.4, -0.2) is 25.5 Å². The molecule has 0 unspecified atom stereocenters.